The summed E-state index contributed by atoms with van der Waals surface area (Å²) in [7, 11) is 3.22. The Kier molecular flexibility index (Phi) is 4.27. The Bertz CT molecular complexity index is 1120. The van der Waals surface area contributed by atoms with Gasteiger partial charge in [-0.3, -0.25) is 5.10 Å². The van der Waals surface area contributed by atoms with Crippen molar-refractivity contribution >= 4 is 17.2 Å². The molecule has 1 aromatic heterocycles. The van der Waals surface area contributed by atoms with Crippen molar-refractivity contribution in [2.24, 2.45) is 10.7 Å². The molecule has 2 aliphatic rings. The maximum absolute atomic E-state index is 6.38. The first-order valence-electron chi connectivity index (χ1n) is 9.91. The number of H-pyrrole nitrogens is 1. The van der Waals surface area contributed by atoms with Gasteiger partial charge >= 0.3 is 0 Å². The van der Waals surface area contributed by atoms with Gasteiger partial charge in [-0.25, -0.2) is 4.99 Å². The van der Waals surface area contributed by atoms with Gasteiger partial charge < -0.3 is 25.8 Å². The lowest BCUT2D eigenvalue weighted by molar-refractivity contribution is 0.355. The predicted octanol–water partition coefficient (Wildman–Crippen LogP) is 3.36. The third-order valence-corrected chi connectivity index (χ3v) is 5.50. The molecule has 1 aliphatic heterocycles. The smallest absolute Gasteiger partial charge is 0.253 e. The largest absolute Gasteiger partial charge is 0.493 e. The monoisotopic (exact) mass is 404 g/mol. The minimum absolute atomic E-state index is 0.438. The highest BCUT2D eigenvalue weighted by molar-refractivity contribution is 6.04. The van der Waals surface area contributed by atoms with E-state index in [1.165, 1.54) is 12.8 Å². The zero-order valence-corrected chi connectivity index (χ0v) is 16.9. The van der Waals surface area contributed by atoms with Gasteiger partial charge in [0.2, 0.25) is 0 Å². The average molecular weight is 404 g/mol. The van der Waals surface area contributed by atoms with E-state index in [-0.39, 0.29) is 0 Å². The van der Waals surface area contributed by atoms with E-state index in [0.717, 1.165) is 28.3 Å². The van der Waals surface area contributed by atoms with Crippen molar-refractivity contribution in [1.82, 2.24) is 10.2 Å². The summed E-state index contributed by atoms with van der Waals surface area (Å²) in [4.78, 5) is 4.83. The normalized spacial score (nSPS) is 20.0. The van der Waals surface area contributed by atoms with E-state index in [1.807, 2.05) is 42.5 Å². The molecule has 1 aliphatic carbocycles. The molecule has 3 aromatic rings. The molecule has 0 spiro atoms. The molecule has 1 atom stereocenters. The van der Waals surface area contributed by atoms with Crippen molar-refractivity contribution in [3.8, 4) is 11.5 Å². The van der Waals surface area contributed by atoms with E-state index in [1.54, 1.807) is 14.2 Å². The number of aromatic nitrogens is 2. The van der Waals surface area contributed by atoms with Crippen LogP contribution in [-0.2, 0) is 5.79 Å². The molecular weight excluding hydrogens is 380 g/mol. The third kappa shape index (κ3) is 3.10. The molecule has 2 aromatic carbocycles. The van der Waals surface area contributed by atoms with Gasteiger partial charge in [-0.05, 0) is 43.2 Å². The molecule has 5 rings (SSSR count). The molecule has 8 nitrogen and oxygen atoms in total. The fraction of sp³-hybridized carbons (Fsp3) is 0.273. The topological polar surface area (TPSA) is 110 Å². The van der Waals surface area contributed by atoms with Crippen LogP contribution in [0.5, 0.6) is 11.5 Å². The number of aromatic amines is 1. The molecule has 1 fully saturated rings. The Morgan fingerprint density at radius 1 is 1.07 bits per heavy atom. The Labute approximate surface area is 174 Å². The zero-order valence-electron chi connectivity index (χ0n) is 16.9. The number of aliphatic imine (C=N–C) groups is 1. The highest BCUT2D eigenvalue weighted by atomic mass is 16.5. The van der Waals surface area contributed by atoms with E-state index >= 15 is 0 Å². The van der Waals surface area contributed by atoms with Gasteiger partial charge in [-0.1, -0.05) is 12.1 Å². The van der Waals surface area contributed by atoms with Crippen molar-refractivity contribution < 1.29 is 9.47 Å². The Morgan fingerprint density at radius 2 is 1.87 bits per heavy atom. The number of hydrogen-bond donors (Lipinski definition) is 4. The van der Waals surface area contributed by atoms with Crippen molar-refractivity contribution in [2.75, 3.05) is 24.9 Å². The first-order valence-corrected chi connectivity index (χ1v) is 9.91. The quantitative estimate of drug-likeness (QED) is 0.502. The number of para-hydroxylation sites is 1. The van der Waals surface area contributed by atoms with Crippen LogP contribution < -0.4 is 25.8 Å². The Hall–Kier alpha value is -3.68. The molecule has 30 heavy (non-hydrogen) atoms. The van der Waals surface area contributed by atoms with Crippen LogP contribution in [0, 0.1) is 0 Å². The summed E-state index contributed by atoms with van der Waals surface area (Å²) in [5.74, 6) is 1.18. The summed E-state index contributed by atoms with van der Waals surface area (Å²) in [6, 6.07) is 15.5. The maximum Gasteiger partial charge on any atom is 0.253 e. The minimum atomic E-state index is -1.07. The second-order valence-electron chi connectivity index (χ2n) is 7.56. The summed E-state index contributed by atoms with van der Waals surface area (Å²) in [6.07, 6.45) is 2.36. The lowest BCUT2D eigenvalue weighted by atomic mass is 10.1. The van der Waals surface area contributed by atoms with Crippen LogP contribution in [0.1, 0.15) is 35.7 Å². The molecule has 154 valence electrons. The second kappa shape index (κ2) is 6.98. The van der Waals surface area contributed by atoms with Crippen LogP contribution in [-0.4, -0.2) is 30.3 Å². The number of rotatable bonds is 6. The predicted molar refractivity (Wildman–Crippen MR) is 116 cm³/mol. The number of nitrogens with zero attached hydrogens (tertiary/aromatic N) is 2. The van der Waals surface area contributed by atoms with Crippen LogP contribution >= 0.6 is 0 Å². The van der Waals surface area contributed by atoms with Gasteiger partial charge in [0.05, 0.1) is 14.2 Å². The molecule has 0 radical (unpaired) electrons. The van der Waals surface area contributed by atoms with Crippen LogP contribution in [0.4, 0.5) is 11.4 Å². The molecule has 0 amide bonds. The SMILES string of the molecule is COc1ccc(NC2(c3cc(C4CC4)[nH]n3)N=C(N)c3ccccc3N2)cc1OC. The number of ether oxygens (including phenoxy) is 2. The number of amidine groups is 1. The fourth-order valence-corrected chi connectivity index (χ4v) is 3.77. The Balaban J connectivity index is 1.60. The van der Waals surface area contributed by atoms with E-state index in [9.17, 15) is 0 Å². The van der Waals surface area contributed by atoms with Gasteiger partial charge in [0, 0.05) is 34.6 Å². The first kappa shape index (κ1) is 18.4. The standard InChI is InChI=1S/C22H24N6O2/c1-29-18-10-9-14(11-19(18)30-2)24-22(20-12-17(27-28-20)13-7-8-13)25-16-6-4-3-5-15(16)21(23)26-22/h3-6,9-13,24-25H,7-8H2,1-2H3,(H2,23,26)(H,27,28). The molecule has 0 bridgehead atoms. The summed E-state index contributed by atoms with van der Waals surface area (Å²) in [5, 5.41) is 14.8. The number of benzene rings is 2. The number of methoxy groups -OCH3 is 2. The Morgan fingerprint density at radius 3 is 2.63 bits per heavy atom. The summed E-state index contributed by atoms with van der Waals surface area (Å²) in [5.41, 5.74) is 10.7. The van der Waals surface area contributed by atoms with E-state index in [2.05, 4.69) is 26.9 Å². The highest BCUT2D eigenvalue weighted by Crippen LogP contribution is 2.42. The van der Waals surface area contributed by atoms with E-state index in [4.69, 9.17) is 20.2 Å². The number of nitrogens with two attached hydrogens (primary N) is 1. The first-order chi connectivity index (χ1) is 14.6. The summed E-state index contributed by atoms with van der Waals surface area (Å²) >= 11 is 0. The van der Waals surface area contributed by atoms with Crippen LogP contribution in [0.25, 0.3) is 0 Å². The van der Waals surface area contributed by atoms with E-state index < -0.39 is 5.79 Å². The number of nitrogens with one attached hydrogen (secondary N) is 3. The van der Waals surface area contributed by atoms with Gasteiger partial charge in [0.15, 0.2) is 11.5 Å². The van der Waals surface area contributed by atoms with Crippen LogP contribution in [0.3, 0.4) is 0 Å². The molecular formula is C22H24N6O2. The van der Waals surface area contributed by atoms with Gasteiger partial charge in [0.1, 0.15) is 11.5 Å². The number of fused-ring (bicyclic) bond motifs is 1. The zero-order chi connectivity index (χ0) is 20.7. The van der Waals surface area contributed by atoms with Crippen molar-refractivity contribution in [2.45, 2.75) is 24.5 Å². The van der Waals surface area contributed by atoms with Crippen LogP contribution in [0.2, 0.25) is 0 Å². The maximum atomic E-state index is 6.38. The van der Waals surface area contributed by atoms with E-state index in [0.29, 0.717) is 23.3 Å². The highest BCUT2D eigenvalue weighted by Gasteiger charge is 2.40. The molecule has 8 heteroatoms. The van der Waals surface area contributed by atoms with Crippen LogP contribution in [0.15, 0.2) is 53.5 Å². The van der Waals surface area contributed by atoms with Crippen molar-refractivity contribution in [3.63, 3.8) is 0 Å². The van der Waals surface area contributed by atoms with Gasteiger partial charge in [0.25, 0.3) is 5.79 Å². The number of anilines is 2. The fourth-order valence-electron chi connectivity index (χ4n) is 3.77. The molecule has 2 heterocycles. The number of hydrogen-bond acceptors (Lipinski definition) is 7. The average Bonchev–Trinajstić information content (AvgIpc) is 3.49. The molecule has 0 saturated heterocycles. The lowest BCUT2D eigenvalue weighted by Crippen LogP contribution is -2.46. The molecule has 1 saturated carbocycles. The molecule has 5 N–H and O–H groups in total. The molecule has 1 unspecified atom stereocenters. The van der Waals surface area contributed by atoms with Gasteiger partial charge in [-0.2, -0.15) is 5.10 Å². The van der Waals surface area contributed by atoms with Crippen molar-refractivity contribution in [1.29, 1.82) is 0 Å². The van der Waals surface area contributed by atoms with Crippen molar-refractivity contribution in [3.05, 3.63) is 65.5 Å². The lowest BCUT2D eigenvalue weighted by Gasteiger charge is -2.36. The van der Waals surface area contributed by atoms with Gasteiger partial charge in [-0.15, -0.1) is 0 Å². The summed E-state index contributed by atoms with van der Waals surface area (Å²) in [6.45, 7) is 0. The minimum Gasteiger partial charge on any atom is -0.493 e. The second-order valence-corrected chi connectivity index (χ2v) is 7.56. The third-order valence-electron chi connectivity index (χ3n) is 5.50. The summed E-state index contributed by atoms with van der Waals surface area (Å²) < 4.78 is 10.8.